The van der Waals surface area contributed by atoms with Gasteiger partial charge >= 0.3 is 0 Å². The largest absolute Gasteiger partial charge is 0.363 e. The number of benzene rings is 1. The highest BCUT2D eigenvalue weighted by Crippen LogP contribution is 2.03. The summed E-state index contributed by atoms with van der Waals surface area (Å²) in [6.45, 7) is 4.12. The molecule has 0 aliphatic rings. The third kappa shape index (κ3) is 7.28. The van der Waals surface area contributed by atoms with E-state index in [2.05, 4.69) is 47.9 Å². The molecule has 0 spiro atoms. The maximum Gasteiger partial charge on any atom is 0.166 e. The topological polar surface area (TPSA) is 24.1 Å². The highest BCUT2D eigenvalue weighted by Gasteiger charge is 1.95. The minimum atomic E-state index is 0.795. The van der Waals surface area contributed by atoms with Crippen molar-refractivity contribution in [3.63, 3.8) is 0 Å². The van der Waals surface area contributed by atoms with Crippen LogP contribution in [-0.2, 0) is 6.42 Å². The molecule has 18 heavy (non-hydrogen) atoms. The van der Waals surface area contributed by atoms with Crippen molar-refractivity contribution in [3.05, 3.63) is 35.9 Å². The van der Waals surface area contributed by atoms with Crippen molar-refractivity contribution < 1.29 is 0 Å². The second-order valence-corrected chi connectivity index (χ2v) is 4.89. The van der Waals surface area contributed by atoms with Crippen LogP contribution in [-0.4, -0.2) is 18.2 Å². The Hall–Kier alpha value is -1.09. The Morgan fingerprint density at radius 1 is 1.00 bits per heavy atom. The molecule has 0 fully saturated rings. The van der Waals surface area contributed by atoms with Crippen LogP contribution < -0.4 is 10.6 Å². The Kier molecular flexibility index (Phi) is 8.23. The minimum Gasteiger partial charge on any atom is -0.363 e. The molecule has 0 amide bonds. The van der Waals surface area contributed by atoms with Crippen LogP contribution in [0.5, 0.6) is 0 Å². The fourth-order valence-electron chi connectivity index (χ4n) is 1.74. The Labute approximate surface area is 116 Å². The van der Waals surface area contributed by atoms with E-state index in [0.717, 1.165) is 31.0 Å². The van der Waals surface area contributed by atoms with E-state index in [1.165, 1.54) is 24.8 Å². The van der Waals surface area contributed by atoms with Crippen LogP contribution in [0.2, 0.25) is 0 Å². The van der Waals surface area contributed by atoms with Crippen LogP contribution in [0.15, 0.2) is 30.3 Å². The summed E-state index contributed by atoms with van der Waals surface area (Å²) in [6, 6.07) is 10.6. The van der Waals surface area contributed by atoms with E-state index < -0.39 is 0 Å². The summed E-state index contributed by atoms with van der Waals surface area (Å²) in [7, 11) is 0. The average molecular weight is 264 g/mol. The lowest BCUT2D eigenvalue weighted by Crippen LogP contribution is -2.36. The van der Waals surface area contributed by atoms with E-state index in [-0.39, 0.29) is 0 Å². The molecule has 0 heterocycles. The van der Waals surface area contributed by atoms with Crippen LogP contribution >= 0.6 is 12.2 Å². The van der Waals surface area contributed by atoms with Crippen molar-refractivity contribution in [1.29, 1.82) is 0 Å². The van der Waals surface area contributed by atoms with Gasteiger partial charge in [-0.3, -0.25) is 0 Å². The summed E-state index contributed by atoms with van der Waals surface area (Å²) >= 11 is 5.19. The number of thiocarbonyl (C=S) groups is 1. The molecule has 100 valence electrons. The van der Waals surface area contributed by atoms with Gasteiger partial charge in [-0.2, -0.15) is 0 Å². The first kappa shape index (κ1) is 15.0. The van der Waals surface area contributed by atoms with Crippen LogP contribution in [0.25, 0.3) is 0 Å². The number of unbranched alkanes of at least 4 members (excludes halogenated alkanes) is 2. The fourth-order valence-corrected chi connectivity index (χ4v) is 1.95. The number of nitrogens with one attached hydrogen (secondary N) is 2. The zero-order valence-electron chi connectivity index (χ0n) is 11.2. The van der Waals surface area contributed by atoms with E-state index >= 15 is 0 Å². The predicted molar refractivity (Wildman–Crippen MR) is 82.9 cm³/mol. The van der Waals surface area contributed by atoms with Gasteiger partial charge in [0, 0.05) is 13.1 Å². The second kappa shape index (κ2) is 9.89. The second-order valence-electron chi connectivity index (χ2n) is 4.48. The molecule has 0 saturated heterocycles. The highest BCUT2D eigenvalue weighted by molar-refractivity contribution is 7.80. The molecule has 2 nitrogen and oxygen atoms in total. The van der Waals surface area contributed by atoms with Crippen molar-refractivity contribution in [1.82, 2.24) is 10.6 Å². The predicted octanol–water partition coefficient (Wildman–Crippen LogP) is 3.27. The van der Waals surface area contributed by atoms with E-state index in [0.29, 0.717) is 0 Å². The first-order valence-electron chi connectivity index (χ1n) is 6.88. The van der Waals surface area contributed by atoms with Gasteiger partial charge in [0.05, 0.1) is 0 Å². The molecule has 0 bridgehead atoms. The lowest BCUT2D eigenvalue weighted by Gasteiger charge is -2.09. The van der Waals surface area contributed by atoms with Gasteiger partial charge in [-0.1, -0.05) is 43.7 Å². The number of hydrogen-bond acceptors (Lipinski definition) is 1. The molecule has 0 aliphatic heterocycles. The Bertz CT molecular complexity index is 325. The molecule has 1 aromatic rings. The molecule has 0 atom stereocenters. The van der Waals surface area contributed by atoms with Gasteiger partial charge in [0.2, 0.25) is 0 Å². The minimum absolute atomic E-state index is 0.795. The molecular formula is C15H24N2S. The standard InChI is InChI=1S/C15H24N2S/c1-2-3-12-16-15(18)17-13-8-7-11-14-9-5-4-6-10-14/h4-6,9-10H,2-3,7-8,11-13H2,1H3,(H2,16,17,18). The van der Waals surface area contributed by atoms with Crippen molar-refractivity contribution in [2.24, 2.45) is 0 Å². The van der Waals surface area contributed by atoms with Crippen molar-refractivity contribution in [3.8, 4) is 0 Å². The Morgan fingerprint density at radius 2 is 1.67 bits per heavy atom. The lowest BCUT2D eigenvalue weighted by atomic mass is 10.1. The SMILES string of the molecule is CCCCNC(=S)NCCCCc1ccccc1. The van der Waals surface area contributed by atoms with Gasteiger partial charge in [0.15, 0.2) is 5.11 Å². The molecule has 0 aromatic heterocycles. The molecule has 3 heteroatoms. The zero-order chi connectivity index (χ0) is 13.1. The van der Waals surface area contributed by atoms with Crippen LogP contribution in [0, 0.1) is 0 Å². The first-order valence-corrected chi connectivity index (χ1v) is 7.29. The monoisotopic (exact) mass is 264 g/mol. The Balaban J connectivity index is 1.97. The quantitative estimate of drug-likeness (QED) is 0.556. The van der Waals surface area contributed by atoms with Gasteiger partial charge in [-0.15, -0.1) is 0 Å². The van der Waals surface area contributed by atoms with Gasteiger partial charge in [0.1, 0.15) is 0 Å². The van der Waals surface area contributed by atoms with Gasteiger partial charge in [-0.25, -0.2) is 0 Å². The number of hydrogen-bond donors (Lipinski definition) is 2. The fraction of sp³-hybridized carbons (Fsp3) is 0.533. The summed E-state index contributed by atoms with van der Waals surface area (Å²) in [5.74, 6) is 0. The van der Waals surface area contributed by atoms with Crippen LogP contribution in [0.4, 0.5) is 0 Å². The van der Waals surface area contributed by atoms with Gasteiger partial charge in [0.25, 0.3) is 0 Å². The maximum atomic E-state index is 5.19. The van der Waals surface area contributed by atoms with E-state index in [4.69, 9.17) is 12.2 Å². The van der Waals surface area contributed by atoms with Crippen molar-refractivity contribution in [2.75, 3.05) is 13.1 Å². The van der Waals surface area contributed by atoms with E-state index in [1.54, 1.807) is 0 Å². The summed E-state index contributed by atoms with van der Waals surface area (Å²) in [6.07, 6.45) is 5.89. The lowest BCUT2D eigenvalue weighted by molar-refractivity contribution is 0.691. The summed E-state index contributed by atoms with van der Waals surface area (Å²) in [5, 5.41) is 7.26. The third-order valence-corrected chi connectivity index (χ3v) is 3.13. The molecule has 0 aliphatic carbocycles. The average Bonchev–Trinajstić information content (AvgIpc) is 2.40. The maximum absolute atomic E-state index is 5.19. The first-order chi connectivity index (χ1) is 8.83. The summed E-state index contributed by atoms with van der Waals surface area (Å²) in [5.41, 5.74) is 1.42. The van der Waals surface area contributed by atoms with Gasteiger partial charge in [-0.05, 0) is 43.5 Å². The number of aryl methyl sites for hydroxylation is 1. The normalized spacial score (nSPS) is 10.1. The van der Waals surface area contributed by atoms with Crippen LogP contribution in [0.1, 0.15) is 38.2 Å². The van der Waals surface area contributed by atoms with Crippen molar-refractivity contribution >= 4 is 17.3 Å². The van der Waals surface area contributed by atoms with Crippen molar-refractivity contribution in [2.45, 2.75) is 39.0 Å². The zero-order valence-corrected chi connectivity index (χ0v) is 12.1. The molecule has 0 unspecified atom stereocenters. The molecule has 1 rings (SSSR count). The van der Waals surface area contributed by atoms with Crippen LogP contribution in [0.3, 0.4) is 0 Å². The highest BCUT2D eigenvalue weighted by atomic mass is 32.1. The van der Waals surface area contributed by atoms with E-state index in [9.17, 15) is 0 Å². The molecule has 2 N–H and O–H groups in total. The smallest absolute Gasteiger partial charge is 0.166 e. The molecule has 1 aromatic carbocycles. The molecular weight excluding hydrogens is 240 g/mol. The molecule has 0 saturated carbocycles. The number of rotatable bonds is 8. The summed E-state index contributed by atoms with van der Waals surface area (Å²) < 4.78 is 0. The molecule has 0 radical (unpaired) electrons. The Morgan fingerprint density at radius 3 is 2.33 bits per heavy atom. The summed E-state index contributed by atoms with van der Waals surface area (Å²) in [4.78, 5) is 0. The van der Waals surface area contributed by atoms with E-state index in [1.807, 2.05) is 0 Å². The third-order valence-electron chi connectivity index (χ3n) is 2.84. The van der Waals surface area contributed by atoms with Gasteiger partial charge < -0.3 is 10.6 Å².